The Morgan fingerprint density at radius 1 is 1.50 bits per heavy atom. The minimum Gasteiger partial charge on any atom is -0.356 e. The molecule has 3 heterocycles. The highest BCUT2D eigenvalue weighted by Gasteiger charge is 2.13. The number of nitrogens with one attached hydrogen (secondary N) is 3. The van der Waals surface area contributed by atoms with Gasteiger partial charge in [-0.15, -0.1) is 12.4 Å². The Kier molecular flexibility index (Phi) is 4.69. The maximum absolute atomic E-state index is 11.8. The Labute approximate surface area is 127 Å². The Morgan fingerprint density at radius 3 is 3.05 bits per heavy atom. The fourth-order valence-corrected chi connectivity index (χ4v) is 2.27. The summed E-state index contributed by atoms with van der Waals surface area (Å²) >= 11 is 5.76. The molecule has 0 fully saturated rings. The zero-order chi connectivity index (χ0) is 13.2. The average molecular weight is 316 g/mol. The molecule has 1 amide bonds. The standard InChI is InChI=1S/C12H14ClN5O.ClH/c13-8-3-11(15-5-8)12(19)16-6-9-4-10-7-14-1-2-18(10)17-9;/h3-5,14-15H,1-2,6-7H2,(H,16,19);1H. The zero-order valence-corrected chi connectivity index (χ0v) is 12.2. The number of halogens is 2. The molecule has 2 aromatic heterocycles. The molecule has 6 nitrogen and oxygen atoms in total. The van der Waals surface area contributed by atoms with Crippen LogP contribution in [0, 0.1) is 0 Å². The summed E-state index contributed by atoms with van der Waals surface area (Å²) in [4.78, 5) is 14.6. The number of hydrogen-bond donors (Lipinski definition) is 3. The van der Waals surface area contributed by atoms with Gasteiger partial charge in [-0.05, 0) is 12.1 Å². The van der Waals surface area contributed by atoms with Crippen LogP contribution in [0.2, 0.25) is 5.02 Å². The number of fused-ring (bicyclic) bond motifs is 1. The average Bonchev–Trinajstić information content (AvgIpc) is 3.01. The number of aromatic amines is 1. The van der Waals surface area contributed by atoms with Crippen LogP contribution < -0.4 is 10.6 Å². The monoisotopic (exact) mass is 315 g/mol. The maximum atomic E-state index is 11.8. The number of nitrogens with zero attached hydrogens (tertiary/aromatic N) is 2. The van der Waals surface area contributed by atoms with Gasteiger partial charge in [-0.1, -0.05) is 11.6 Å². The number of amides is 1. The van der Waals surface area contributed by atoms with Crippen LogP contribution >= 0.6 is 24.0 Å². The van der Waals surface area contributed by atoms with Crippen LogP contribution in [0.25, 0.3) is 0 Å². The number of H-pyrrole nitrogens is 1. The first-order valence-electron chi connectivity index (χ1n) is 6.11. The van der Waals surface area contributed by atoms with Gasteiger partial charge in [-0.2, -0.15) is 5.10 Å². The second kappa shape index (κ2) is 6.30. The number of hydrogen-bond acceptors (Lipinski definition) is 3. The highest BCUT2D eigenvalue weighted by atomic mass is 35.5. The molecular weight excluding hydrogens is 301 g/mol. The number of rotatable bonds is 3. The quantitative estimate of drug-likeness (QED) is 0.799. The third-order valence-electron chi connectivity index (χ3n) is 3.04. The van der Waals surface area contributed by atoms with Gasteiger partial charge in [-0.25, -0.2) is 0 Å². The largest absolute Gasteiger partial charge is 0.356 e. The molecular formula is C12H15Cl2N5O. The van der Waals surface area contributed by atoms with Crippen LogP contribution in [-0.2, 0) is 19.6 Å². The third-order valence-corrected chi connectivity index (χ3v) is 3.26. The second-order valence-electron chi connectivity index (χ2n) is 4.44. The number of aromatic nitrogens is 3. The minimum absolute atomic E-state index is 0. The molecule has 0 unspecified atom stereocenters. The summed E-state index contributed by atoms with van der Waals surface area (Å²) in [6.45, 7) is 3.04. The van der Waals surface area contributed by atoms with Gasteiger partial charge in [0.1, 0.15) is 5.69 Å². The van der Waals surface area contributed by atoms with Crippen molar-refractivity contribution in [1.82, 2.24) is 25.4 Å². The lowest BCUT2D eigenvalue weighted by Gasteiger charge is -2.13. The van der Waals surface area contributed by atoms with Gasteiger partial charge in [0.15, 0.2) is 0 Å². The molecule has 3 N–H and O–H groups in total. The molecule has 0 aliphatic carbocycles. The molecule has 2 aromatic rings. The Morgan fingerprint density at radius 2 is 2.35 bits per heavy atom. The molecule has 0 saturated heterocycles. The fourth-order valence-electron chi connectivity index (χ4n) is 2.10. The molecule has 0 aromatic carbocycles. The van der Waals surface area contributed by atoms with E-state index >= 15 is 0 Å². The van der Waals surface area contributed by atoms with Gasteiger partial charge in [-0.3, -0.25) is 9.48 Å². The number of carbonyl (C=O) groups excluding carboxylic acids is 1. The summed E-state index contributed by atoms with van der Waals surface area (Å²) in [7, 11) is 0. The van der Waals surface area contributed by atoms with E-state index in [1.165, 1.54) is 0 Å². The Hall–Kier alpha value is -1.50. The highest BCUT2D eigenvalue weighted by Crippen LogP contribution is 2.10. The van der Waals surface area contributed by atoms with Crippen molar-refractivity contribution in [3.63, 3.8) is 0 Å². The van der Waals surface area contributed by atoms with Crippen molar-refractivity contribution < 1.29 is 4.79 Å². The van der Waals surface area contributed by atoms with Crippen LogP contribution in [0.5, 0.6) is 0 Å². The van der Waals surface area contributed by atoms with E-state index in [-0.39, 0.29) is 18.3 Å². The van der Waals surface area contributed by atoms with Crippen LogP contribution in [0.4, 0.5) is 0 Å². The molecule has 0 atom stereocenters. The van der Waals surface area contributed by atoms with E-state index in [1.54, 1.807) is 12.3 Å². The molecule has 20 heavy (non-hydrogen) atoms. The summed E-state index contributed by atoms with van der Waals surface area (Å²) in [5.41, 5.74) is 2.47. The Bertz CT molecular complexity index is 583. The van der Waals surface area contributed by atoms with E-state index in [2.05, 4.69) is 20.7 Å². The normalized spacial score (nSPS) is 13.4. The first-order valence-corrected chi connectivity index (χ1v) is 6.48. The second-order valence-corrected chi connectivity index (χ2v) is 4.88. The van der Waals surface area contributed by atoms with Crippen molar-refractivity contribution in [3.8, 4) is 0 Å². The van der Waals surface area contributed by atoms with E-state index < -0.39 is 0 Å². The molecule has 1 aliphatic rings. The molecule has 0 radical (unpaired) electrons. The van der Waals surface area contributed by atoms with Crippen molar-refractivity contribution in [1.29, 1.82) is 0 Å². The van der Waals surface area contributed by atoms with E-state index in [1.807, 2.05) is 10.7 Å². The lowest BCUT2D eigenvalue weighted by atomic mass is 10.3. The third kappa shape index (κ3) is 3.15. The van der Waals surface area contributed by atoms with Crippen molar-refractivity contribution in [2.75, 3.05) is 6.54 Å². The van der Waals surface area contributed by atoms with E-state index in [0.717, 1.165) is 31.0 Å². The summed E-state index contributed by atoms with van der Waals surface area (Å²) < 4.78 is 1.98. The predicted molar refractivity (Wildman–Crippen MR) is 78.2 cm³/mol. The fraction of sp³-hybridized carbons (Fsp3) is 0.333. The van der Waals surface area contributed by atoms with Crippen molar-refractivity contribution in [2.45, 2.75) is 19.6 Å². The summed E-state index contributed by atoms with van der Waals surface area (Å²) in [5.74, 6) is -0.184. The topological polar surface area (TPSA) is 74.7 Å². The van der Waals surface area contributed by atoms with Crippen molar-refractivity contribution in [2.24, 2.45) is 0 Å². The summed E-state index contributed by atoms with van der Waals surface area (Å²) in [6, 6.07) is 3.60. The molecule has 0 saturated carbocycles. The molecule has 1 aliphatic heterocycles. The van der Waals surface area contributed by atoms with E-state index in [0.29, 0.717) is 17.3 Å². The lowest BCUT2D eigenvalue weighted by molar-refractivity contribution is 0.0946. The smallest absolute Gasteiger partial charge is 0.268 e. The predicted octanol–water partition coefficient (Wildman–Crippen LogP) is 1.32. The van der Waals surface area contributed by atoms with Gasteiger partial charge in [0.05, 0.1) is 29.5 Å². The highest BCUT2D eigenvalue weighted by molar-refractivity contribution is 6.30. The Balaban J connectivity index is 0.00000147. The summed E-state index contributed by atoms with van der Waals surface area (Å²) in [5, 5.41) is 11.1. The summed E-state index contributed by atoms with van der Waals surface area (Å²) in [6.07, 6.45) is 1.58. The first kappa shape index (κ1) is 14.9. The first-order chi connectivity index (χ1) is 9.22. The van der Waals surface area contributed by atoms with Gasteiger partial charge in [0.25, 0.3) is 5.91 Å². The van der Waals surface area contributed by atoms with Gasteiger partial charge < -0.3 is 15.6 Å². The molecule has 108 valence electrons. The van der Waals surface area contributed by atoms with Gasteiger partial charge in [0, 0.05) is 19.3 Å². The lowest BCUT2D eigenvalue weighted by Crippen LogP contribution is -2.28. The van der Waals surface area contributed by atoms with Gasteiger partial charge >= 0.3 is 0 Å². The molecule has 3 rings (SSSR count). The van der Waals surface area contributed by atoms with E-state index in [4.69, 9.17) is 11.6 Å². The van der Waals surface area contributed by atoms with Crippen LogP contribution in [0.15, 0.2) is 18.3 Å². The molecule has 8 heteroatoms. The van der Waals surface area contributed by atoms with Crippen LogP contribution in [-0.4, -0.2) is 27.2 Å². The zero-order valence-electron chi connectivity index (χ0n) is 10.6. The van der Waals surface area contributed by atoms with Crippen LogP contribution in [0.3, 0.4) is 0 Å². The molecule has 0 bridgehead atoms. The maximum Gasteiger partial charge on any atom is 0.268 e. The molecule has 0 spiro atoms. The SMILES string of the molecule is Cl.O=C(NCc1cc2n(n1)CCNC2)c1cc(Cl)c[nH]1. The van der Waals surface area contributed by atoms with Crippen molar-refractivity contribution >= 4 is 29.9 Å². The van der Waals surface area contributed by atoms with Gasteiger partial charge in [0.2, 0.25) is 0 Å². The van der Waals surface area contributed by atoms with Crippen molar-refractivity contribution in [3.05, 3.63) is 40.4 Å². The van der Waals surface area contributed by atoms with Crippen LogP contribution in [0.1, 0.15) is 21.9 Å². The minimum atomic E-state index is -0.184. The number of carbonyl (C=O) groups is 1. The van der Waals surface area contributed by atoms with E-state index in [9.17, 15) is 4.79 Å².